The van der Waals surface area contributed by atoms with Crippen molar-refractivity contribution < 1.29 is 4.74 Å². The van der Waals surface area contributed by atoms with Gasteiger partial charge in [0.15, 0.2) is 0 Å². The largest absolute Gasteiger partial charge is 0.497 e. The predicted molar refractivity (Wildman–Crippen MR) is 65.0 cm³/mol. The summed E-state index contributed by atoms with van der Waals surface area (Å²) in [5.74, 6) is 6.13. The van der Waals surface area contributed by atoms with Crippen LogP contribution in [-0.2, 0) is 7.05 Å². The Morgan fingerprint density at radius 2 is 2.00 bits per heavy atom. The van der Waals surface area contributed by atoms with Gasteiger partial charge in [-0.15, -0.1) is 11.3 Å². The Bertz CT molecular complexity index is 539. The molecule has 2 rings (SSSR count). The van der Waals surface area contributed by atoms with E-state index in [2.05, 4.69) is 5.10 Å². The van der Waals surface area contributed by atoms with Crippen LogP contribution < -0.4 is 15.4 Å². The Kier molecular flexibility index (Phi) is 2.96. The summed E-state index contributed by atoms with van der Waals surface area (Å²) in [5, 5.41) is 5.74. The molecule has 0 radical (unpaired) electrons. The molecule has 2 N–H and O–H groups in total. The van der Waals surface area contributed by atoms with E-state index in [0.29, 0.717) is 0 Å². The molecule has 4 nitrogen and oxygen atoms in total. The van der Waals surface area contributed by atoms with Gasteiger partial charge >= 0.3 is 0 Å². The molecular weight excluding hydrogens is 222 g/mol. The number of thiazole rings is 1. The summed E-state index contributed by atoms with van der Waals surface area (Å²) in [4.78, 5) is 0.797. The van der Waals surface area contributed by atoms with Crippen molar-refractivity contribution in [3.05, 3.63) is 34.4 Å². The van der Waals surface area contributed by atoms with Crippen molar-refractivity contribution in [3.63, 3.8) is 0 Å². The minimum Gasteiger partial charge on any atom is -0.497 e. The molecule has 1 heterocycles. The van der Waals surface area contributed by atoms with Crippen molar-refractivity contribution in [1.29, 1.82) is 0 Å². The summed E-state index contributed by atoms with van der Waals surface area (Å²) in [5.41, 5.74) is 2.21. The standard InChI is InChI=1S/C11H13N3OS/c1-14-10(7-16-11(14)13-12)8-3-5-9(15-2)6-4-8/h3-7H,12H2,1-2H3/b13-11-. The van der Waals surface area contributed by atoms with E-state index >= 15 is 0 Å². The van der Waals surface area contributed by atoms with Crippen LogP contribution in [0.2, 0.25) is 0 Å². The highest BCUT2D eigenvalue weighted by Crippen LogP contribution is 2.21. The molecule has 0 unspecified atom stereocenters. The van der Waals surface area contributed by atoms with Crippen LogP contribution in [0.4, 0.5) is 0 Å². The van der Waals surface area contributed by atoms with Crippen molar-refractivity contribution in [3.8, 4) is 17.0 Å². The molecule has 1 aromatic carbocycles. The Morgan fingerprint density at radius 3 is 2.50 bits per heavy atom. The second-order valence-corrected chi connectivity index (χ2v) is 4.16. The Hall–Kier alpha value is -1.75. The molecule has 0 atom stereocenters. The lowest BCUT2D eigenvalue weighted by Gasteiger charge is -2.04. The van der Waals surface area contributed by atoms with Crippen LogP contribution in [0.15, 0.2) is 34.7 Å². The van der Waals surface area contributed by atoms with Crippen LogP contribution in [0.1, 0.15) is 0 Å². The lowest BCUT2D eigenvalue weighted by Crippen LogP contribution is -2.13. The van der Waals surface area contributed by atoms with Crippen LogP contribution in [-0.4, -0.2) is 11.7 Å². The third-order valence-electron chi connectivity index (χ3n) is 2.42. The van der Waals surface area contributed by atoms with Crippen LogP contribution in [0.25, 0.3) is 11.3 Å². The molecule has 0 saturated heterocycles. The molecule has 0 fully saturated rings. The Labute approximate surface area is 97.6 Å². The van der Waals surface area contributed by atoms with Gasteiger partial charge in [-0.05, 0) is 29.8 Å². The summed E-state index contributed by atoms with van der Waals surface area (Å²) < 4.78 is 7.08. The molecule has 0 aliphatic rings. The molecular formula is C11H13N3OS. The first kappa shape index (κ1) is 10.8. The molecule has 0 saturated carbocycles. The first-order valence-corrected chi connectivity index (χ1v) is 5.67. The van der Waals surface area contributed by atoms with E-state index < -0.39 is 0 Å². The number of methoxy groups -OCH3 is 1. The summed E-state index contributed by atoms with van der Waals surface area (Å²) in [6, 6.07) is 7.90. The summed E-state index contributed by atoms with van der Waals surface area (Å²) in [7, 11) is 3.60. The molecule has 5 heteroatoms. The zero-order chi connectivity index (χ0) is 11.5. The highest BCUT2D eigenvalue weighted by atomic mass is 32.1. The number of rotatable bonds is 2. The minimum atomic E-state index is 0.797. The lowest BCUT2D eigenvalue weighted by atomic mass is 10.1. The van der Waals surface area contributed by atoms with Crippen LogP contribution in [0.5, 0.6) is 5.75 Å². The Balaban J connectivity index is 2.46. The zero-order valence-corrected chi connectivity index (χ0v) is 9.99. The fourth-order valence-electron chi connectivity index (χ4n) is 1.51. The fourth-order valence-corrected chi connectivity index (χ4v) is 2.34. The number of hydrogen-bond acceptors (Lipinski definition) is 4. The highest BCUT2D eigenvalue weighted by molar-refractivity contribution is 7.07. The number of nitrogens with two attached hydrogens (primary N) is 1. The average Bonchev–Trinajstić information content (AvgIpc) is 2.70. The molecule has 2 aromatic rings. The molecule has 0 spiro atoms. The number of aromatic nitrogens is 1. The smallest absolute Gasteiger partial charge is 0.207 e. The maximum Gasteiger partial charge on any atom is 0.207 e. The summed E-state index contributed by atoms with van der Waals surface area (Å²) in [6.07, 6.45) is 0. The van der Waals surface area contributed by atoms with Gasteiger partial charge in [0.2, 0.25) is 4.80 Å². The molecule has 16 heavy (non-hydrogen) atoms. The fraction of sp³-hybridized carbons (Fsp3) is 0.182. The maximum absolute atomic E-state index is 5.28. The van der Waals surface area contributed by atoms with Crippen LogP contribution >= 0.6 is 11.3 Å². The molecule has 1 aromatic heterocycles. The summed E-state index contributed by atoms with van der Waals surface area (Å²) >= 11 is 1.52. The van der Waals surface area contributed by atoms with E-state index in [1.165, 1.54) is 11.3 Å². The quantitative estimate of drug-likeness (QED) is 0.634. The van der Waals surface area contributed by atoms with E-state index in [1.807, 2.05) is 41.3 Å². The molecule has 0 bridgehead atoms. The average molecular weight is 235 g/mol. The minimum absolute atomic E-state index is 0.797. The predicted octanol–water partition coefficient (Wildman–Crippen LogP) is 1.54. The van der Waals surface area contributed by atoms with E-state index in [0.717, 1.165) is 21.8 Å². The third kappa shape index (κ3) is 1.81. The van der Waals surface area contributed by atoms with Gasteiger partial charge in [0.25, 0.3) is 0 Å². The van der Waals surface area contributed by atoms with E-state index in [1.54, 1.807) is 7.11 Å². The number of ether oxygens (including phenoxy) is 1. The highest BCUT2D eigenvalue weighted by Gasteiger charge is 2.04. The Morgan fingerprint density at radius 1 is 1.31 bits per heavy atom. The van der Waals surface area contributed by atoms with E-state index in [4.69, 9.17) is 10.6 Å². The van der Waals surface area contributed by atoms with Gasteiger partial charge in [0.05, 0.1) is 12.8 Å². The van der Waals surface area contributed by atoms with Gasteiger partial charge in [-0.2, -0.15) is 5.10 Å². The topological polar surface area (TPSA) is 52.5 Å². The van der Waals surface area contributed by atoms with Gasteiger partial charge in [0, 0.05) is 12.4 Å². The maximum atomic E-state index is 5.28. The third-order valence-corrected chi connectivity index (χ3v) is 3.35. The first-order chi connectivity index (χ1) is 7.76. The van der Waals surface area contributed by atoms with Gasteiger partial charge in [-0.1, -0.05) is 0 Å². The molecule has 0 aliphatic carbocycles. The van der Waals surface area contributed by atoms with Gasteiger partial charge < -0.3 is 15.1 Å². The number of hydrogen-bond donors (Lipinski definition) is 1. The van der Waals surface area contributed by atoms with E-state index in [9.17, 15) is 0 Å². The van der Waals surface area contributed by atoms with E-state index in [-0.39, 0.29) is 0 Å². The van der Waals surface area contributed by atoms with Crippen molar-refractivity contribution in [2.24, 2.45) is 18.0 Å². The first-order valence-electron chi connectivity index (χ1n) is 4.79. The number of benzene rings is 1. The zero-order valence-electron chi connectivity index (χ0n) is 9.18. The monoisotopic (exact) mass is 235 g/mol. The van der Waals surface area contributed by atoms with Gasteiger partial charge in [-0.25, -0.2) is 0 Å². The normalized spacial score (nSPS) is 11.8. The molecule has 0 amide bonds. The molecule has 0 aliphatic heterocycles. The number of nitrogens with zero attached hydrogens (tertiary/aromatic N) is 2. The van der Waals surface area contributed by atoms with Gasteiger partial charge in [-0.3, -0.25) is 0 Å². The van der Waals surface area contributed by atoms with Crippen LogP contribution in [0.3, 0.4) is 0 Å². The van der Waals surface area contributed by atoms with Crippen molar-refractivity contribution in [2.75, 3.05) is 7.11 Å². The van der Waals surface area contributed by atoms with Crippen molar-refractivity contribution in [1.82, 2.24) is 4.57 Å². The van der Waals surface area contributed by atoms with Crippen LogP contribution in [0, 0.1) is 0 Å². The second kappa shape index (κ2) is 4.40. The lowest BCUT2D eigenvalue weighted by molar-refractivity contribution is 0.415. The second-order valence-electron chi connectivity index (χ2n) is 3.32. The van der Waals surface area contributed by atoms with Crippen molar-refractivity contribution in [2.45, 2.75) is 0 Å². The summed E-state index contributed by atoms with van der Waals surface area (Å²) in [6.45, 7) is 0. The van der Waals surface area contributed by atoms with Gasteiger partial charge in [0.1, 0.15) is 5.75 Å². The van der Waals surface area contributed by atoms with Crippen molar-refractivity contribution >= 4 is 11.3 Å². The molecule has 84 valence electrons. The SMILES string of the molecule is COc1ccc(-c2cs/c(=N\N)n2C)cc1.